The lowest BCUT2D eigenvalue weighted by molar-refractivity contribution is -0.189. The number of ether oxygens (including phenoxy) is 4. The number of hydrogen-bond acceptors (Lipinski definition) is 13. The molecule has 3 aromatic rings. The van der Waals surface area contributed by atoms with Crippen molar-refractivity contribution < 1.29 is 46.9 Å². The summed E-state index contributed by atoms with van der Waals surface area (Å²) in [6, 6.07) is 10.5. The van der Waals surface area contributed by atoms with Gasteiger partial charge in [0.15, 0.2) is 11.9 Å². The number of aromatic nitrogens is 3. The van der Waals surface area contributed by atoms with E-state index in [4.69, 9.17) is 33.7 Å². The first-order valence-corrected chi connectivity index (χ1v) is 17.5. The summed E-state index contributed by atoms with van der Waals surface area (Å²) in [6.07, 6.45) is 2.98. The standard InChI is InChI=1S/C32H42N5O10P/c1-5-26(38)45-30-31(4,43-19-32(30,46-27(39)6-2)25-16-15-24-28(33)34-20-35-37(24)25)18-44-48(41,47-23-13-8-7-9-14-23)36-21(3)29(40)42-17-22-11-10-12-22/h7-9,13-16,20-22,30H,5-6,10-12,17-19H2,1-4H3,(H,36,41)(H2,33,34,35)/t21-,30+,31+,32?,48?/m0/s1. The van der Waals surface area contributed by atoms with Crippen LogP contribution in [0.1, 0.15) is 65.5 Å². The minimum Gasteiger partial charge on any atom is -0.464 e. The predicted molar refractivity (Wildman–Crippen MR) is 172 cm³/mol. The topological polar surface area (TPSA) is 192 Å². The van der Waals surface area contributed by atoms with E-state index in [1.165, 1.54) is 17.8 Å². The normalized spacial score (nSPS) is 24.3. The van der Waals surface area contributed by atoms with Gasteiger partial charge in [0.25, 0.3) is 0 Å². The van der Waals surface area contributed by atoms with Crippen LogP contribution in [0.3, 0.4) is 0 Å². The van der Waals surface area contributed by atoms with Crippen molar-refractivity contribution in [1.82, 2.24) is 19.7 Å². The number of nitrogens with two attached hydrogens (primary N) is 1. The van der Waals surface area contributed by atoms with Crippen LogP contribution in [0, 0.1) is 5.92 Å². The summed E-state index contributed by atoms with van der Waals surface area (Å²) in [4.78, 5) is 42.8. The van der Waals surface area contributed by atoms with Gasteiger partial charge in [0.05, 0.1) is 25.5 Å². The lowest BCUT2D eigenvalue weighted by Crippen LogP contribution is -2.54. The average molecular weight is 688 g/mol. The highest BCUT2D eigenvalue weighted by molar-refractivity contribution is 7.52. The Morgan fingerprint density at radius 1 is 1.12 bits per heavy atom. The molecule has 2 aromatic heterocycles. The molecule has 2 unspecified atom stereocenters. The van der Waals surface area contributed by atoms with E-state index in [2.05, 4.69) is 15.2 Å². The van der Waals surface area contributed by atoms with Crippen molar-refractivity contribution in [2.24, 2.45) is 5.92 Å². The Kier molecular flexibility index (Phi) is 10.7. The molecule has 0 bridgehead atoms. The van der Waals surface area contributed by atoms with E-state index < -0.39 is 55.6 Å². The summed E-state index contributed by atoms with van der Waals surface area (Å²) in [6.45, 7) is 5.79. The molecule has 2 aliphatic rings. The molecular formula is C32H42N5O10P. The zero-order valence-electron chi connectivity index (χ0n) is 27.5. The second-order valence-electron chi connectivity index (χ2n) is 12.2. The molecule has 1 aromatic carbocycles. The van der Waals surface area contributed by atoms with E-state index in [0.29, 0.717) is 17.1 Å². The molecule has 5 rings (SSSR count). The van der Waals surface area contributed by atoms with Crippen molar-refractivity contribution in [1.29, 1.82) is 0 Å². The Labute approximate surface area is 278 Å². The van der Waals surface area contributed by atoms with Gasteiger partial charge in [-0.25, -0.2) is 14.1 Å². The maximum Gasteiger partial charge on any atom is 0.459 e. The molecule has 0 amide bonds. The van der Waals surface area contributed by atoms with Crippen LogP contribution in [0.5, 0.6) is 5.75 Å². The van der Waals surface area contributed by atoms with E-state index in [1.54, 1.807) is 63.2 Å². The molecule has 1 aliphatic carbocycles. The van der Waals surface area contributed by atoms with Gasteiger partial charge in [0.1, 0.15) is 29.2 Å². The SMILES string of the molecule is CCC(=O)O[C@H]1C(OC(=O)CC)(c2ccc3c(N)ncnn23)CO[C@]1(C)COP(=O)(N[C@@H](C)C(=O)OCC1CCC1)Oc1ccccc1. The summed E-state index contributed by atoms with van der Waals surface area (Å²) in [5.41, 5.74) is 3.50. The lowest BCUT2D eigenvalue weighted by Gasteiger charge is -2.38. The van der Waals surface area contributed by atoms with Crippen LogP contribution in [0.4, 0.5) is 5.82 Å². The molecule has 0 spiro atoms. The van der Waals surface area contributed by atoms with Gasteiger partial charge in [-0.05, 0) is 56.9 Å². The molecule has 3 N–H and O–H groups in total. The number of nitrogens with zero attached hydrogens (tertiary/aromatic N) is 3. The van der Waals surface area contributed by atoms with Crippen molar-refractivity contribution in [2.75, 3.05) is 25.6 Å². The van der Waals surface area contributed by atoms with Crippen molar-refractivity contribution in [3.05, 3.63) is 54.5 Å². The van der Waals surface area contributed by atoms with Crippen LogP contribution in [0.25, 0.3) is 5.52 Å². The fourth-order valence-electron chi connectivity index (χ4n) is 5.56. The summed E-state index contributed by atoms with van der Waals surface area (Å²) in [7, 11) is -4.36. The van der Waals surface area contributed by atoms with Crippen molar-refractivity contribution in [3.8, 4) is 5.75 Å². The molecule has 5 atom stereocenters. The highest BCUT2D eigenvalue weighted by Crippen LogP contribution is 2.50. The first kappa shape index (κ1) is 35.3. The van der Waals surface area contributed by atoms with Crippen molar-refractivity contribution in [2.45, 2.75) is 83.1 Å². The quantitative estimate of drug-likeness (QED) is 0.132. The van der Waals surface area contributed by atoms with Crippen molar-refractivity contribution in [3.63, 3.8) is 0 Å². The molecule has 1 saturated carbocycles. The molecule has 260 valence electrons. The molecule has 15 nitrogen and oxygen atoms in total. The van der Waals surface area contributed by atoms with Gasteiger partial charge in [-0.15, -0.1) is 0 Å². The summed E-state index contributed by atoms with van der Waals surface area (Å²) in [5, 5.41) is 6.99. The Morgan fingerprint density at radius 3 is 2.52 bits per heavy atom. The summed E-state index contributed by atoms with van der Waals surface area (Å²) < 4.78 is 51.4. The number of rotatable bonds is 15. The van der Waals surface area contributed by atoms with E-state index in [9.17, 15) is 18.9 Å². The number of carbonyl (C=O) groups is 3. The number of hydrogen-bond donors (Lipinski definition) is 2. The van der Waals surface area contributed by atoms with Gasteiger partial charge in [0.2, 0.25) is 5.60 Å². The fraction of sp³-hybridized carbons (Fsp3) is 0.531. The van der Waals surface area contributed by atoms with E-state index >= 15 is 0 Å². The number of esters is 3. The zero-order valence-corrected chi connectivity index (χ0v) is 28.4. The smallest absolute Gasteiger partial charge is 0.459 e. The Morgan fingerprint density at radius 2 is 1.85 bits per heavy atom. The average Bonchev–Trinajstić information content (AvgIpc) is 3.60. The van der Waals surface area contributed by atoms with E-state index in [-0.39, 0.29) is 37.6 Å². The van der Waals surface area contributed by atoms with Crippen LogP contribution in [0.15, 0.2) is 48.8 Å². The number of anilines is 1. The second-order valence-corrected chi connectivity index (χ2v) is 13.8. The van der Waals surface area contributed by atoms with Crippen molar-refractivity contribution >= 4 is 37.0 Å². The van der Waals surface area contributed by atoms with Gasteiger partial charge >= 0.3 is 25.7 Å². The largest absolute Gasteiger partial charge is 0.464 e. The third-order valence-corrected chi connectivity index (χ3v) is 10.1. The Balaban J connectivity index is 1.47. The third kappa shape index (κ3) is 7.49. The number of benzene rings is 1. The van der Waals surface area contributed by atoms with Gasteiger partial charge < -0.3 is 29.2 Å². The second kappa shape index (κ2) is 14.6. The molecule has 1 saturated heterocycles. The highest BCUT2D eigenvalue weighted by Gasteiger charge is 2.64. The number of fused-ring (bicyclic) bond motifs is 1. The summed E-state index contributed by atoms with van der Waals surface area (Å²) in [5.74, 6) is -1.15. The monoisotopic (exact) mass is 687 g/mol. The third-order valence-electron chi connectivity index (χ3n) is 8.51. The Hall–Kier alpha value is -4.04. The fourth-order valence-corrected chi connectivity index (χ4v) is 7.14. The number of carbonyl (C=O) groups excluding carboxylic acids is 3. The predicted octanol–water partition coefficient (Wildman–Crippen LogP) is 4.10. The van der Waals surface area contributed by atoms with Crippen LogP contribution in [0.2, 0.25) is 0 Å². The molecule has 2 fully saturated rings. The van der Waals surface area contributed by atoms with Gasteiger partial charge in [0, 0.05) is 12.8 Å². The number of nitrogen functional groups attached to an aromatic ring is 1. The first-order valence-electron chi connectivity index (χ1n) is 16.0. The van der Waals surface area contributed by atoms with Crippen LogP contribution >= 0.6 is 7.75 Å². The van der Waals surface area contributed by atoms with E-state index in [0.717, 1.165) is 19.3 Å². The molecular weight excluding hydrogens is 645 g/mol. The van der Waals surface area contributed by atoms with Gasteiger partial charge in [-0.1, -0.05) is 38.5 Å². The molecule has 3 heterocycles. The van der Waals surface area contributed by atoms with Crippen LogP contribution < -0.4 is 15.3 Å². The Bertz CT molecular complexity index is 1670. The molecule has 48 heavy (non-hydrogen) atoms. The molecule has 0 radical (unpaired) electrons. The number of nitrogens with one attached hydrogen (secondary N) is 1. The lowest BCUT2D eigenvalue weighted by atomic mass is 9.85. The maximum atomic E-state index is 14.4. The maximum absolute atomic E-state index is 14.4. The van der Waals surface area contributed by atoms with Crippen LogP contribution in [-0.2, 0) is 48.0 Å². The number of para-hydroxylation sites is 1. The van der Waals surface area contributed by atoms with E-state index in [1.807, 2.05) is 0 Å². The van der Waals surface area contributed by atoms with Crippen LogP contribution in [-0.4, -0.2) is 70.1 Å². The zero-order chi connectivity index (χ0) is 34.5. The highest BCUT2D eigenvalue weighted by atomic mass is 31.2. The first-order chi connectivity index (χ1) is 22.9. The molecule has 1 aliphatic heterocycles. The minimum absolute atomic E-state index is 0.00259. The minimum atomic E-state index is -4.36. The molecule has 16 heteroatoms. The van der Waals surface area contributed by atoms with Gasteiger partial charge in [-0.2, -0.15) is 10.2 Å². The summed E-state index contributed by atoms with van der Waals surface area (Å²) >= 11 is 0. The van der Waals surface area contributed by atoms with Gasteiger partial charge in [-0.3, -0.25) is 18.9 Å².